The lowest BCUT2D eigenvalue weighted by Crippen LogP contribution is -2.14. The van der Waals surface area contributed by atoms with Gasteiger partial charge in [0.05, 0.1) is 12.1 Å². The standard InChI is InChI=1S/C8H6F3N5O/c9-8(10,11)6-14-7-13-2-4(5(17)1-12)3-16(7)15-6/h2-3H,1,12H2. The van der Waals surface area contributed by atoms with E-state index in [1.54, 1.807) is 0 Å². The zero-order valence-electron chi connectivity index (χ0n) is 8.27. The predicted octanol–water partition coefficient (Wildman–Crippen LogP) is 0.284. The molecule has 0 saturated carbocycles. The van der Waals surface area contributed by atoms with Crippen molar-refractivity contribution in [3.05, 3.63) is 23.8 Å². The molecule has 0 amide bonds. The summed E-state index contributed by atoms with van der Waals surface area (Å²) in [6.45, 7) is -0.256. The van der Waals surface area contributed by atoms with Gasteiger partial charge in [0, 0.05) is 12.4 Å². The average Bonchev–Trinajstić information content (AvgIpc) is 2.70. The molecular weight excluding hydrogens is 239 g/mol. The van der Waals surface area contributed by atoms with Crippen LogP contribution < -0.4 is 5.73 Å². The van der Waals surface area contributed by atoms with Gasteiger partial charge in [-0.2, -0.15) is 18.2 Å². The molecule has 90 valence electrons. The van der Waals surface area contributed by atoms with E-state index in [2.05, 4.69) is 15.1 Å². The number of hydrogen-bond donors (Lipinski definition) is 1. The minimum Gasteiger partial charge on any atom is -0.324 e. The highest BCUT2D eigenvalue weighted by Gasteiger charge is 2.36. The Labute approximate surface area is 92.3 Å². The molecule has 17 heavy (non-hydrogen) atoms. The number of hydrogen-bond acceptors (Lipinski definition) is 5. The molecule has 6 nitrogen and oxygen atoms in total. The number of alkyl halides is 3. The van der Waals surface area contributed by atoms with E-state index >= 15 is 0 Å². The zero-order valence-corrected chi connectivity index (χ0v) is 8.27. The molecule has 0 aliphatic heterocycles. The van der Waals surface area contributed by atoms with E-state index in [9.17, 15) is 18.0 Å². The minimum absolute atomic E-state index is 0.0821. The summed E-state index contributed by atoms with van der Waals surface area (Å²) in [5.41, 5.74) is 5.20. The summed E-state index contributed by atoms with van der Waals surface area (Å²) < 4.78 is 37.7. The van der Waals surface area contributed by atoms with E-state index in [4.69, 9.17) is 5.73 Å². The minimum atomic E-state index is -4.65. The van der Waals surface area contributed by atoms with E-state index < -0.39 is 17.8 Å². The number of carbonyl (C=O) groups is 1. The number of aromatic nitrogens is 4. The Morgan fingerprint density at radius 3 is 2.76 bits per heavy atom. The van der Waals surface area contributed by atoms with Crippen molar-refractivity contribution >= 4 is 11.6 Å². The molecule has 0 aromatic carbocycles. The highest BCUT2D eigenvalue weighted by atomic mass is 19.4. The molecule has 2 rings (SSSR count). The topological polar surface area (TPSA) is 86.2 Å². The van der Waals surface area contributed by atoms with Crippen molar-refractivity contribution < 1.29 is 18.0 Å². The summed E-state index contributed by atoms with van der Waals surface area (Å²) in [7, 11) is 0. The van der Waals surface area contributed by atoms with E-state index in [0.717, 1.165) is 16.9 Å². The molecule has 9 heteroatoms. The Morgan fingerprint density at radius 2 is 2.18 bits per heavy atom. The maximum Gasteiger partial charge on any atom is 0.453 e. The summed E-state index contributed by atoms with van der Waals surface area (Å²) in [4.78, 5) is 18.0. The Balaban J connectivity index is 2.52. The van der Waals surface area contributed by atoms with E-state index in [1.165, 1.54) is 0 Å². The van der Waals surface area contributed by atoms with E-state index in [0.29, 0.717) is 0 Å². The summed E-state index contributed by atoms with van der Waals surface area (Å²) in [5.74, 6) is -1.98. The number of ketones is 1. The van der Waals surface area contributed by atoms with Crippen molar-refractivity contribution in [3.63, 3.8) is 0 Å². The van der Waals surface area contributed by atoms with Crippen molar-refractivity contribution in [1.82, 2.24) is 19.6 Å². The number of halogens is 3. The molecule has 0 aliphatic carbocycles. The van der Waals surface area contributed by atoms with Crippen LogP contribution in [0, 0.1) is 0 Å². The molecule has 2 aromatic rings. The summed E-state index contributed by atoms with van der Waals surface area (Å²) in [6.07, 6.45) is -2.43. The number of Topliss-reactive ketones (excluding diaryl/α,β-unsaturated/α-hetero) is 1. The van der Waals surface area contributed by atoms with Crippen molar-refractivity contribution in [2.24, 2.45) is 5.73 Å². The van der Waals surface area contributed by atoms with E-state index in [-0.39, 0.29) is 17.9 Å². The fourth-order valence-corrected chi connectivity index (χ4v) is 1.16. The first-order valence-electron chi connectivity index (χ1n) is 4.44. The van der Waals surface area contributed by atoms with Gasteiger partial charge in [-0.05, 0) is 0 Å². The van der Waals surface area contributed by atoms with E-state index in [1.807, 2.05) is 0 Å². The second-order valence-electron chi connectivity index (χ2n) is 3.15. The molecule has 0 unspecified atom stereocenters. The van der Waals surface area contributed by atoms with Crippen LogP contribution in [0.4, 0.5) is 13.2 Å². The quantitative estimate of drug-likeness (QED) is 0.768. The molecule has 0 atom stereocenters. The lowest BCUT2D eigenvalue weighted by atomic mass is 10.2. The van der Waals surface area contributed by atoms with Crippen LogP contribution in [0.3, 0.4) is 0 Å². The number of nitrogens with two attached hydrogens (primary N) is 1. The summed E-state index contributed by atoms with van der Waals surface area (Å²) in [5, 5.41) is 3.19. The number of rotatable bonds is 2. The highest BCUT2D eigenvalue weighted by Crippen LogP contribution is 2.26. The van der Waals surface area contributed by atoms with Crippen molar-refractivity contribution in [1.29, 1.82) is 0 Å². The third kappa shape index (κ3) is 2.09. The third-order valence-electron chi connectivity index (χ3n) is 1.95. The van der Waals surface area contributed by atoms with Crippen molar-refractivity contribution in [3.8, 4) is 0 Å². The van der Waals surface area contributed by atoms with Crippen molar-refractivity contribution in [2.75, 3.05) is 6.54 Å². The van der Waals surface area contributed by atoms with Gasteiger partial charge in [0.1, 0.15) is 0 Å². The molecule has 2 heterocycles. The van der Waals surface area contributed by atoms with Crippen LogP contribution in [-0.4, -0.2) is 31.9 Å². The van der Waals surface area contributed by atoms with Crippen LogP contribution in [0.25, 0.3) is 5.78 Å². The molecule has 0 spiro atoms. The normalized spacial score (nSPS) is 12.0. The van der Waals surface area contributed by atoms with Gasteiger partial charge in [-0.25, -0.2) is 9.50 Å². The first-order valence-corrected chi connectivity index (χ1v) is 4.44. The molecule has 0 fully saturated rings. The number of carbonyl (C=O) groups excluding carboxylic acids is 1. The van der Waals surface area contributed by atoms with Crippen LogP contribution in [0.5, 0.6) is 0 Å². The average molecular weight is 245 g/mol. The van der Waals surface area contributed by atoms with Crippen LogP contribution in [-0.2, 0) is 6.18 Å². The lowest BCUT2D eigenvalue weighted by molar-refractivity contribution is -0.144. The van der Waals surface area contributed by atoms with Gasteiger partial charge >= 0.3 is 6.18 Å². The zero-order chi connectivity index (χ0) is 12.6. The predicted molar refractivity (Wildman–Crippen MR) is 49.2 cm³/mol. The SMILES string of the molecule is NCC(=O)c1cnc2nc(C(F)(F)F)nn2c1. The first-order chi connectivity index (χ1) is 7.91. The van der Waals surface area contributed by atoms with Gasteiger partial charge < -0.3 is 5.73 Å². The molecule has 2 aromatic heterocycles. The second kappa shape index (κ2) is 3.77. The third-order valence-corrected chi connectivity index (χ3v) is 1.95. The number of nitrogens with zero attached hydrogens (tertiary/aromatic N) is 4. The van der Waals surface area contributed by atoms with Crippen molar-refractivity contribution in [2.45, 2.75) is 6.18 Å². The number of fused-ring (bicyclic) bond motifs is 1. The summed E-state index contributed by atoms with van der Waals surface area (Å²) in [6, 6.07) is 0. The molecular formula is C8H6F3N5O. The molecule has 0 saturated heterocycles. The lowest BCUT2D eigenvalue weighted by Gasteiger charge is -1.97. The van der Waals surface area contributed by atoms with Gasteiger partial charge in [0.2, 0.25) is 0 Å². The van der Waals surface area contributed by atoms with Crippen LogP contribution >= 0.6 is 0 Å². The Hall–Kier alpha value is -2.03. The monoisotopic (exact) mass is 245 g/mol. The van der Waals surface area contributed by atoms with Crippen LogP contribution in [0.15, 0.2) is 12.4 Å². The molecule has 0 radical (unpaired) electrons. The van der Waals surface area contributed by atoms with Gasteiger partial charge in [-0.1, -0.05) is 0 Å². The van der Waals surface area contributed by atoms with Gasteiger partial charge in [0.15, 0.2) is 5.78 Å². The smallest absolute Gasteiger partial charge is 0.324 e. The van der Waals surface area contributed by atoms with Crippen LogP contribution in [0.1, 0.15) is 16.2 Å². The summed E-state index contributed by atoms with van der Waals surface area (Å²) >= 11 is 0. The highest BCUT2D eigenvalue weighted by molar-refractivity contribution is 5.97. The maximum absolute atomic E-state index is 12.3. The fraction of sp³-hybridized carbons (Fsp3) is 0.250. The fourth-order valence-electron chi connectivity index (χ4n) is 1.16. The second-order valence-corrected chi connectivity index (χ2v) is 3.15. The van der Waals surface area contributed by atoms with Gasteiger partial charge in [-0.15, -0.1) is 5.10 Å². The van der Waals surface area contributed by atoms with Gasteiger partial charge in [0.25, 0.3) is 11.6 Å². The Kier molecular flexibility index (Phi) is 2.54. The van der Waals surface area contributed by atoms with Crippen LogP contribution in [0.2, 0.25) is 0 Å². The van der Waals surface area contributed by atoms with Gasteiger partial charge in [-0.3, -0.25) is 4.79 Å². The maximum atomic E-state index is 12.3. The molecule has 0 bridgehead atoms. The molecule has 0 aliphatic rings. The largest absolute Gasteiger partial charge is 0.453 e. The Bertz CT molecular complexity index is 576. The molecule has 2 N–H and O–H groups in total. The Morgan fingerprint density at radius 1 is 1.47 bits per heavy atom. The first kappa shape index (κ1) is 11.5.